The van der Waals surface area contributed by atoms with Crippen LogP contribution in [0.2, 0.25) is 0 Å². The molecule has 0 spiro atoms. The van der Waals surface area contributed by atoms with Crippen LogP contribution < -0.4 is 10.2 Å². The van der Waals surface area contributed by atoms with Crippen LogP contribution in [0.5, 0.6) is 0 Å². The van der Waals surface area contributed by atoms with Gasteiger partial charge in [-0.05, 0) is 29.2 Å². The van der Waals surface area contributed by atoms with E-state index >= 15 is 0 Å². The van der Waals surface area contributed by atoms with Crippen molar-refractivity contribution < 1.29 is 0 Å². The number of rotatable bonds is 1. The van der Waals surface area contributed by atoms with Gasteiger partial charge in [-0.3, -0.25) is 5.32 Å². The lowest BCUT2D eigenvalue weighted by Gasteiger charge is -2.28. The quantitative estimate of drug-likeness (QED) is 0.819. The van der Waals surface area contributed by atoms with Crippen LogP contribution in [-0.4, -0.2) is 6.54 Å². The molecule has 0 aliphatic carbocycles. The SMILES string of the molecule is c1ccc2c(c1)CNC2N1CCc2ccccc21. The fourth-order valence-corrected chi connectivity index (χ4v) is 3.19. The third-order valence-corrected chi connectivity index (χ3v) is 4.07. The van der Waals surface area contributed by atoms with Crippen LogP contribution in [0.15, 0.2) is 48.5 Å². The lowest BCUT2D eigenvalue weighted by Crippen LogP contribution is -2.33. The van der Waals surface area contributed by atoms with E-state index in [0.29, 0.717) is 6.17 Å². The van der Waals surface area contributed by atoms with E-state index in [4.69, 9.17) is 0 Å². The second-order valence-corrected chi connectivity index (χ2v) is 5.05. The first-order valence-electron chi connectivity index (χ1n) is 6.59. The molecule has 0 bridgehead atoms. The molecule has 2 nitrogen and oxygen atoms in total. The van der Waals surface area contributed by atoms with Crippen molar-refractivity contribution >= 4 is 5.69 Å². The van der Waals surface area contributed by atoms with Gasteiger partial charge in [0.05, 0.1) is 0 Å². The van der Waals surface area contributed by atoms with Gasteiger partial charge in [0.1, 0.15) is 6.17 Å². The van der Waals surface area contributed by atoms with Gasteiger partial charge >= 0.3 is 0 Å². The number of fused-ring (bicyclic) bond motifs is 2. The second kappa shape index (κ2) is 3.85. The van der Waals surface area contributed by atoms with Gasteiger partial charge in [0.2, 0.25) is 0 Å². The molecule has 2 aliphatic heterocycles. The van der Waals surface area contributed by atoms with E-state index in [9.17, 15) is 0 Å². The molecule has 18 heavy (non-hydrogen) atoms. The predicted molar refractivity (Wildman–Crippen MR) is 73.5 cm³/mol. The molecule has 1 N–H and O–H groups in total. The highest BCUT2D eigenvalue weighted by molar-refractivity contribution is 5.60. The van der Waals surface area contributed by atoms with Crippen molar-refractivity contribution in [3.8, 4) is 0 Å². The topological polar surface area (TPSA) is 15.3 Å². The zero-order valence-electron chi connectivity index (χ0n) is 10.3. The van der Waals surface area contributed by atoms with Crippen molar-refractivity contribution in [1.82, 2.24) is 5.32 Å². The van der Waals surface area contributed by atoms with E-state index in [2.05, 4.69) is 58.7 Å². The molecule has 0 fully saturated rings. The molecule has 2 heteroatoms. The largest absolute Gasteiger partial charge is 0.351 e. The van der Waals surface area contributed by atoms with Gasteiger partial charge in [0.25, 0.3) is 0 Å². The molecule has 0 amide bonds. The van der Waals surface area contributed by atoms with Crippen molar-refractivity contribution in [2.24, 2.45) is 0 Å². The number of nitrogens with one attached hydrogen (secondary N) is 1. The number of benzene rings is 2. The Hall–Kier alpha value is -1.80. The first kappa shape index (κ1) is 10.2. The summed E-state index contributed by atoms with van der Waals surface area (Å²) in [4.78, 5) is 2.50. The zero-order chi connectivity index (χ0) is 11.9. The molecule has 2 heterocycles. The van der Waals surface area contributed by atoms with Gasteiger partial charge in [-0.25, -0.2) is 0 Å². The number of hydrogen-bond donors (Lipinski definition) is 1. The molecule has 0 saturated carbocycles. The van der Waals surface area contributed by atoms with Crippen molar-refractivity contribution in [3.63, 3.8) is 0 Å². The predicted octanol–water partition coefficient (Wildman–Crippen LogP) is 2.85. The average Bonchev–Trinajstić information content (AvgIpc) is 3.01. The third-order valence-electron chi connectivity index (χ3n) is 4.07. The molecule has 0 radical (unpaired) electrons. The van der Waals surface area contributed by atoms with Crippen LogP contribution >= 0.6 is 0 Å². The summed E-state index contributed by atoms with van der Waals surface area (Å²) in [6.45, 7) is 2.10. The van der Waals surface area contributed by atoms with Crippen LogP contribution in [-0.2, 0) is 13.0 Å². The normalized spacial score (nSPS) is 20.9. The van der Waals surface area contributed by atoms with Gasteiger partial charge in [-0.15, -0.1) is 0 Å². The van der Waals surface area contributed by atoms with Crippen LogP contribution in [0.1, 0.15) is 22.9 Å². The van der Waals surface area contributed by atoms with Gasteiger partial charge in [-0.2, -0.15) is 0 Å². The van der Waals surface area contributed by atoms with Crippen molar-refractivity contribution in [2.45, 2.75) is 19.1 Å². The Balaban J connectivity index is 1.75. The second-order valence-electron chi connectivity index (χ2n) is 5.05. The number of hydrogen-bond acceptors (Lipinski definition) is 2. The minimum Gasteiger partial charge on any atom is -0.351 e. The van der Waals surface area contributed by atoms with Crippen LogP contribution in [0.3, 0.4) is 0 Å². The van der Waals surface area contributed by atoms with Gasteiger partial charge in [-0.1, -0.05) is 42.5 Å². The Morgan fingerprint density at radius 2 is 1.72 bits per heavy atom. The van der Waals surface area contributed by atoms with Gasteiger partial charge in [0, 0.05) is 18.8 Å². The number of nitrogens with zero attached hydrogens (tertiary/aromatic N) is 1. The maximum atomic E-state index is 3.63. The highest BCUT2D eigenvalue weighted by Gasteiger charge is 2.30. The summed E-state index contributed by atoms with van der Waals surface area (Å²) >= 11 is 0. The lowest BCUT2D eigenvalue weighted by atomic mass is 10.1. The molecule has 1 atom stereocenters. The molecular formula is C16H16N2. The number of anilines is 1. The Morgan fingerprint density at radius 3 is 2.67 bits per heavy atom. The third kappa shape index (κ3) is 1.39. The smallest absolute Gasteiger partial charge is 0.106 e. The fraction of sp³-hybridized carbons (Fsp3) is 0.250. The zero-order valence-corrected chi connectivity index (χ0v) is 10.3. The van der Waals surface area contributed by atoms with Crippen molar-refractivity contribution in [2.75, 3.05) is 11.4 Å². The summed E-state index contributed by atoms with van der Waals surface area (Å²) in [6, 6.07) is 17.5. The molecule has 2 aromatic carbocycles. The van der Waals surface area contributed by atoms with E-state index in [1.165, 1.54) is 22.4 Å². The molecule has 0 saturated heterocycles. The highest BCUT2D eigenvalue weighted by atomic mass is 15.3. The van der Waals surface area contributed by atoms with E-state index in [1.807, 2.05) is 0 Å². The molecule has 4 rings (SSSR count). The Morgan fingerprint density at radius 1 is 0.944 bits per heavy atom. The van der Waals surface area contributed by atoms with Gasteiger partial charge in [0.15, 0.2) is 0 Å². The maximum absolute atomic E-state index is 3.63. The summed E-state index contributed by atoms with van der Waals surface area (Å²) in [6.07, 6.45) is 1.51. The van der Waals surface area contributed by atoms with Crippen molar-refractivity contribution in [1.29, 1.82) is 0 Å². The molecular weight excluding hydrogens is 220 g/mol. The maximum Gasteiger partial charge on any atom is 0.106 e. The molecule has 2 aliphatic rings. The summed E-state index contributed by atoms with van der Waals surface area (Å²) < 4.78 is 0. The molecule has 2 aromatic rings. The van der Waals surface area contributed by atoms with E-state index in [-0.39, 0.29) is 0 Å². The van der Waals surface area contributed by atoms with Crippen LogP contribution in [0.4, 0.5) is 5.69 Å². The lowest BCUT2D eigenvalue weighted by molar-refractivity contribution is 0.555. The number of para-hydroxylation sites is 1. The van der Waals surface area contributed by atoms with E-state index in [0.717, 1.165) is 19.5 Å². The average molecular weight is 236 g/mol. The Labute approximate surface area is 107 Å². The fourth-order valence-electron chi connectivity index (χ4n) is 3.19. The first-order chi connectivity index (χ1) is 8.93. The van der Waals surface area contributed by atoms with Crippen LogP contribution in [0.25, 0.3) is 0 Å². The van der Waals surface area contributed by atoms with E-state index in [1.54, 1.807) is 0 Å². The summed E-state index contributed by atoms with van der Waals surface area (Å²) in [5, 5.41) is 3.63. The molecule has 1 unspecified atom stereocenters. The van der Waals surface area contributed by atoms with E-state index < -0.39 is 0 Å². The Bertz CT molecular complexity index is 538. The Kier molecular flexibility index (Phi) is 2.17. The summed E-state index contributed by atoms with van der Waals surface area (Å²) in [7, 11) is 0. The molecule has 0 aromatic heterocycles. The first-order valence-corrected chi connectivity index (χ1v) is 6.59. The highest BCUT2D eigenvalue weighted by Crippen LogP contribution is 2.37. The summed E-state index contributed by atoms with van der Waals surface area (Å²) in [5.41, 5.74) is 5.75. The monoisotopic (exact) mass is 236 g/mol. The summed E-state index contributed by atoms with van der Waals surface area (Å²) in [5.74, 6) is 0. The van der Waals surface area contributed by atoms with Gasteiger partial charge < -0.3 is 4.90 Å². The standard InChI is InChI=1S/C16H16N2/c1-3-7-14-13(6-1)11-17-16(14)18-10-9-12-5-2-4-8-15(12)18/h1-8,16-17H,9-11H2. The molecule has 90 valence electrons. The minimum atomic E-state index is 0.352. The van der Waals surface area contributed by atoms with Crippen LogP contribution in [0, 0.1) is 0 Å². The van der Waals surface area contributed by atoms with Crippen molar-refractivity contribution in [3.05, 3.63) is 65.2 Å². The minimum absolute atomic E-state index is 0.352.